The Kier molecular flexibility index (Phi) is 7.03. The van der Waals surface area contributed by atoms with Crippen molar-refractivity contribution < 1.29 is 23.5 Å². The van der Waals surface area contributed by atoms with Gasteiger partial charge >= 0.3 is 5.97 Å². The summed E-state index contributed by atoms with van der Waals surface area (Å²) in [6, 6.07) is 6.30. The van der Waals surface area contributed by atoms with Crippen LogP contribution < -0.4 is 10.6 Å². The van der Waals surface area contributed by atoms with E-state index in [2.05, 4.69) is 10.6 Å². The number of anilines is 1. The van der Waals surface area contributed by atoms with Crippen LogP contribution in [0.4, 0.5) is 9.39 Å². The van der Waals surface area contributed by atoms with Crippen molar-refractivity contribution in [2.75, 3.05) is 11.9 Å². The minimum atomic E-state index is -0.850. The van der Waals surface area contributed by atoms with Crippen molar-refractivity contribution in [1.82, 2.24) is 5.32 Å². The van der Waals surface area contributed by atoms with Crippen molar-refractivity contribution in [1.29, 1.82) is 0 Å². The summed E-state index contributed by atoms with van der Waals surface area (Å²) < 4.78 is 20.6. The van der Waals surface area contributed by atoms with E-state index in [1.165, 1.54) is 17.4 Å². The number of allylic oxidation sites excluding steroid dienone is 3. The quantitative estimate of drug-likeness (QED) is 0.446. The molecule has 0 saturated heterocycles. The number of thiophene rings is 1. The smallest absolute Gasteiger partial charge is 0.341 e. The van der Waals surface area contributed by atoms with E-state index in [-0.39, 0.29) is 28.9 Å². The number of esters is 1. The molecule has 0 saturated carbocycles. The van der Waals surface area contributed by atoms with Gasteiger partial charge in [-0.05, 0) is 63.0 Å². The highest BCUT2D eigenvalue weighted by molar-refractivity contribution is 7.17. The van der Waals surface area contributed by atoms with E-state index in [0.717, 1.165) is 41.8 Å². The number of aryl methyl sites for hydroxylation is 1. The van der Waals surface area contributed by atoms with E-state index in [9.17, 15) is 14.4 Å². The number of carbonyl (C=O) groups is 3. The van der Waals surface area contributed by atoms with Crippen LogP contribution in [0.2, 0.25) is 0 Å². The Bertz CT molecular complexity index is 1400. The fraction of sp³-hybridized carbons (Fsp3) is 0.433. The van der Waals surface area contributed by atoms with Crippen LogP contribution in [-0.2, 0) is 27.2 Å². The molecule has 2 aromatic rings. The summed E-state index contributed by atoms with van der Waals surface area (Å²) in [6.45, 7) is 7.83. The first-order valence-electron chi connectivity index (χ1n) is 13.2. The molecule has 1 aromatic carbocycles. The van der Waals surface area contributed by atoms with Gasteiger partial charge in [0.05, 0.1) is 12.2 Å². The van der Waals surface area contributed by atoms with Crippen LogP contribution >= 0.6 is 11.3 Å². The highest BCUT2D eigenvalue weighted by Gasteiger charge is 2.43. The standard InChI is InChI=1S/C30H33FN2O4S/c1-5-37-29(36)25-18-11-7-9-13-22(18)38-28(25)33-27(35)23-16(2)32-20-14-30(3,4)15-21(34)26(20)24(23)17-10-6-8-12-19(17)31/h6,8,10,12,24,32H,5,7,9,11,13-15H2,1-4H3,(H,33,35). The molecule has 6 nitrogen and oxygen atoms in total. The average Bonchev–Trinajstić information content (AvgIpc) is 3.20. The number of rotatable bonds is 5. The van der Waals surface area contributed by atoms with Gasteiger partial charge in [-0.3, -0.25) is 9.59 Å². The van der Waals surface area contributed by atoms with E-state index in [0.29, 0.717) is 34.7 Å². The largest absolute Gasteiger partial charge is 0.462 e. The number of ether oxygens (including phenoxy) is 1. The monoisotopic (exact) mass is 536 g/mol. The lowest BCUT2D eigenvalue weighted by atomic mass is 9.68. The van der Waals surface area contributed by atoms with Gasteiger partial charge in [0.1, 0.15) is 10.8 Å². The van der Waals surface area contributed by atoms with Crippen LogP contribution in [0.1, 0.15) is 85.7 Å². The zero-order chi connectivity index (χ0) is 27.2. The second kappa shape index (κ2) is 10.1. The van der Waals surface area contributed by atoms with Gasteiger partial charge in [0.25, 0.3) is 5.91 Å². The maximum atomic E-state index is 15.2. The van der Waals surface area contributed by atoms with E-state index in [4.69, 9.17) is 4.74 Å². The highest BCUT2D eigenvalue weighted by atomic mass is 32.1. The molecule has 1 aliphatic heterocycles. The molecule has 1 amide bonds. The summed E-state index contributed by atoms with van der Waals surface area (Å²) in [6.07, 6.45) is 4.55. The molecule has 2 N–H and O–H groups in total. The van der Waals surface area contributed by atoms with Crippen molar-refractivity contribution in [2.24, 2.45) is 5.41 Å². The Balaban J connectivity index is 1.59. The van der Waals surface area contributed by atoms with Crippen molar-refractivity contribution in [3.05, 3.63) is 74.2 Å². The van der Waals surface area contributed by atoms with Crippen molar-refractivity contribution in [3.8, 4) is 0 Å². The zero-order valence-corrected chi connectivity index (χ0v) is 23.1. The van der Waals surface area contributed by atoms with Gasteiger partial charge in [-0.25, -0.2) is 9.18 Å². The van der Waals surface area contributed by atoms with Crippen molar-refractivity contribution in [3.63, 3.8) is 0 Å². The fourth-order valence-electron chi connectivity index (χ4n) is 6.00. The lowest BCUT2D eigenvalue weighted by Crippen LogP contribution is -2.39. The number of carbonyl (C=O) groups excluding carboxylic acids is 3. The molecule has 1 atom stereocenters. The second-order valence-electron chi connectivity index (χ2n) is 11.0. The molecule has 5 rings (SSSR count). The Labute approximate surface area is 226 Å². The van der Waals surface area contributed by atoms with E-state index in [1.54, 1.807) is 32.0 Å². The number of nitrogens with one attached hydrogen (secondary N) is 2. The van der Waals surface area contributed by atoms with Gasteiger partial charge in [0.2, 0.25) is 0 Å². The second-order valence-corrected chi connectivity index (χ2v) is 12.1. The molecule has 2 heterocycles. The van der Waals surface area contributed by atoms with Crippen LogP contribution in [0.25, 0.3) is 0 Å². The van der Waals surface area contributed by atoms with Crippen LogP contribution in [-0.4, -0.2) is 24.3 Å². The molecule has 8 heteroatoms. The van der Waals surface area contributed by atoms with Gasteiger partial charge in [-0.15, -0.1) is 11.3 Å². The third-order valence-electron chi connectivity index (χ3n) is 7.58. The summed E-state index contributed by atoms with van der Waals surface area (Å²) >= 11 is 1.40. The minimum Gasteiger partial charge on any atom is -0.462 e. The molecular weight excluding hydrogens is 503 g/mol. The van der Waals surface area contributed by atoms with Crippen LogP contribution in [0.15, 0.2) is 46.8 Å². The summed E-state index contributed by atoms with van der Waals surface area (Å²) in [5.74, 6) is -2.32. The number of ketones is 1. The van der Waals surface area contributed by atoms with E-state index >= 15 is 4.39 Å². The van der Waals surface area contributed by atoms with Gasteiger partial charge < -0.3 is 15.4 Å². The molecule has 1 unspecified atom stereocenters. The molecule has 0 bridgehead atoms. The predicted molar refractivity (Wildman–Crippen MR) is 146 cm³/mol. The zero-order valence-electron chi connectivity index (χ0n) is 22.3. The first-order chi connectivity index (χ1) is 18.1. The number of benzene rings is 1. The summed E-state index contributed by atoms with van der Waals surface area (Å²) in [5, 5.41) is 6.74. The number of amides is 1. The Morgan fingerprint density at radius 2 is 1.92 bits per heavy atom. The van der Waals surface area contributed by atoms with Gasteiger partial charge in [-0.1, -0.05) is 32.0 Å². The topological polar surface area (TPSA) is 84.5 Å². The molecule has 0 spiro atoms. The van der Waals surface area contributed by atoms with E-state index in [1.807, 2.05) is 13.8 Å². The van der Waals surface area contributed by atoms with Crippen LogP contribution in [0.5, 0.6) is 0 Å². The Morgan fingerprint density at radius 1 is 1.18 bits per heavy atom. The minimum absolute atomic E-state index is 0.0893. The number of hydrogen-bond donors (Lipinski definition) is 2. The third kappa shape index (κ3) is 4.70. The van der Waals surface area contributed by atoms with E-state index < -0.39 is 23.6 Å². The maximum Gasteiger partial charge on any atom is 0.341 e. The normalized spacial score (nSPS) is 20.4. The summed E-state index contributed by atoms with van der Waals surface area (Å²) in [4.78, 5) is 41.5. The first-order valence-corrected chi connectivity index (χ1v) is 14.0. The Morgan fingerprint density at radius 3 is 2.66 bits per heavy atom. The predicted octanol–water partition coefficient (Wildman–Crippen LogP) is 6.19. The van der Waals surface area contributed by atoms with Gasteiger partial charge in [-0.2, -0.15) is 0 Å². The van der Waals surface area contributed by atoms with Crippen LogP contribution in [0.3, 0.4) is 0 Å². The maximum absolute atomic E-state index is 15.2. The molecule has 0 fully saturated rings. The molecule has 38 heavy (non-hydrogen) atoms. The number of Topliss-reactive ketones (excluding diaryl/α,β-unsaturated/α-hetero) is 1. The number of hydrogen-bond acceptors (Lipinski definition) is 6. The fourth-order valence-corrected chi connectivity index (χ4v) is 7.27. The molecule has 1 aromatic heterocycles. The van der Waals surface area contributed by atoms with Crippen LogP contribution in [0, 0.1) is 11.2 Å². The van der Waals surface area contributed by atoms with Gasteiger partial charge in [0, 0.05) is 45.3 Å². The molecule has 2 aliphatic carbocycles. The van der Waals surface area contributed by atoms with Crippen molar-refractivity contribution >= 4 is 34.0 Å². The number of fused-ring (bicyclic) bond motifs is 1. The molecule has 3 aliphatic rings. The summed E-state index contributed by atoms with van der Waals surface area (Å²) in [7, 11) is 0. The number of dihydropyridines is 1. The highest BCUT2D eigenvalue weighted by Crippen LogP contribution is 2.47. The lowest BCUT2D eigenvalue weighted by molar-refractivity contribution is -0.118. The Hall–Kier alpha value is -3.26. The van der Waals surface area contributed by atoms with Gasteiger partial charge in [0.15, 0.2) is 5.78 Å². The average molecular weight is 537 g/mol. The number of halogens is 1. The summed E-state index contributed by atoms with van der Waals surface area (Å²) in [5.41, 5.74) is 3.45. The SMILES string of the molecule is CCOC(=O)c1c(NC(=O)C2=C(C)NC3=C(C(=O)CC(C)(C)C3)C2c2ccccc2F)sc2c1CCCC2. The molecule has 200 valence electrons. The third-order valence-corrected chi connectivity index (χ3v) is 8.79. The molecule has 0 radical (unpaired) electrons. The first kappa shape index (κ1) is 26.4. The molecular formula is C30H33FN2O4S. The van der Waals surface area contributed by atoms with Crippen molar-refractivity contribution in [2.45, 2.75) is 72.1 Å². The lowest BCUT2D eigenvalue weighted by Gasteiger charge is -2.39.